The molecule has 0 aliphatic heterocycles. The zero-order chi connectivity index (χ0) is 10.4. The third-order valence-corrected chi connectivity index (χ3v) is 2.72. The highest BCUT2D eigenvalue weighted by atomic mass is 16.2. The van der Waals surface area contributed by atoms with E-state index in [0.717, 1.165) is 25.7 Å². The van der Waals surface area contributed by atoms with E-state index in [9.17, 15) is 9.59 Å². The quantitative estimate of drug-likeness (QED) is 0.670. The third-order valence-electron chi connectivity index (χ3n) is 2.72. The van der Waals surface area contributed by atoms with Gasteiger partial charge < -0.3 is 5.73 Å². The highest BCUT2D eigenvalue weighted by Gasteiger charge is 2.19. The molecule has 0 aromatic rings. The molecule has 0 atom stereocenters. The lowest BCUT2D eigenvalue weighted by Crippen LogP contribution is -2.39. The number of hydrogen-bond acceptors (Lipinski definition) is 2. The second kappa shape index (κ2) is 5.62. The fourth-order valence-electron chi connectivity index (χ4n) is 1.94. The maximum atomic E-state index is 11.5. The van der Waals surface area contributed by atoms with Crippen LogP contribution in [0.3, 0.4) is 0 Å². The lowest BCUT2D eigenvalue weighted by molar-refractivity contribution is -0.124. The van der Waals surface area contributed by atoms with Gasteiger partial charge >= 0.3 is 6.03 Å². The van der Waals surface area contributed by atoms with Crippen LogP contribution in [0.4, 0.5) is 4.79 Å². The van der Waals surface area contributed by atoms with Crippen molar-refractivity contribution in [2.24, 2.45) is 11.7 Å². The molecule has 0 spiro atoms. The molecule has 1 fully saturated rings. The number of amides is 3. The van der Waals surface area contributed by atoms with Gasteiger partial charge in [0.1, 0.15) is 0 Å². The van der Waals surface area contributed by atoms with Gasteiger partial charge in [-0.2, -0.15) is 0 Å². The number of imide groups is 1. The van der Waals surface area contributed by atoms with E-state index < -0.39 is 6.03 Å². The summed E-state index contributed by atoms with van der Waals surface area (Å²) in [5.41, 5.74) is 4.90. The second-order valence-corrected chi connectivity index (χ2v) is 3.90. The van der Waals surface area contributed by atoms with Crippen LogP contribution in [0.5, 0.6) is 0 Å². The normalized spacial score (nSPS) is 19.4. The van der Waals surface area contributed by atoms with Crippen LogP contribution >= 0.6 is 0 Å². The standard InChI is InChI=1S/C10H18N2O2/c11-10(14)12-9(13)8-6-4-2-1-3-5-7-8/h8H,1-7H2,(H3,11,12,13,14). The molecule has 14 heavy (non-hydrogen) atoms. The molecular weight excluding hydrogens is 180 g/mol. The number of carbonyl (C=O) groups is 2. The predicted molar refractivity (Wildman–Crippen MR) is 53.5 cm³/mol. The summed E-state index contributed by atoms with van der Waals surface area (Å²) in [7, 11) is 0. The smallest absolute Gasteiger partial charge is 0.318 e. The Morgan fingerprint density at radius 1 is 1.00 bits per heavy atom. The first-order chi connectivity index (χ1) is 6.70. The largest absolute Gasteiger partial charge is 0.351 e. The van der Waals surface area contributed by atoms with Gasteiger partial charge in [0, 0.05) is 5.92 Å². The Kier molecular flexibility index (Phi) is 4.43. The van der Waals surface area contributed by atoms with Crippen molar-refractivity contribution in [1.82, 2.24) is 5.32 Å². The van der Waals surface area contributed by atoms with Crippen molar-refractivity contribution in [2.45, 2.75) is 44.9 Å². The average Bonchev–Trinajstić information content (AvgIpc) is 2.00. The Bertz CT molecular complexity index is 208. The highest BCUT2D eigenvalue weighted by Crippen LogP contribution is 2.22. The van der Waals surface area contributed by atoms with E-state index in [1.54, 1.807) is 0 Å². The van der Waals surface area contributed by atoms with Gasteiger partial charge in [0.2, 0.25) is 5.91 Å². The molecule has 1 rings (SSSR count). The molecule has 0 heterocycles. The Hall–Kier alpha value is -1.06. The summed E-state index contributed by atoms with van der Waals surface area (Å²) < 4.78 is 0. The van der Waals surface area contributed by atoms with Crippen molar-refractivity contribution in [3.05, 3.63) is 0 Å². The maximum Gasteiger partial charge on any atom is 0.318 e. The van der Waals surface area contributed by atoms with Crippen molar-refractivity contribution in [3.8, 4) is 0 Å². The molecule has 4 nitrogen and oxygen atoms in total. The van der Waals surface area contributed by atoms with Crippen LogP contribution in [0.15, 0.2) is 0 Å². The molecular formula is C10H18N2O2. The SMILES string of the molecule is NC(=O)NC(=O)C1CCCCCCC1. The van der Waals surface area contributed by atoms with Gasteiger partial charge in [-0.15, -0.1) is 0 Å². The van der Waals surface area contributed by atoms with Crippen molar-refractivity contribution in [1.29, 1.82) is 0 Å². The molecule has 1 saturated carbocycles. The zero-order valence-corrected chi connectivity index (χ0v) is 8.42. The van der Waals surface area contributed by atoms with E-state index in [2.05, 4.69) is 5.32 Å². The molecule has 0 radical (unpaired) electrons. The van der Waals surface area contributed by atoms with Crippen LogP contribution in [0.1, 0.15) is 44.9 Å². The predicted octanol–water partition coefficient (Wildman–Crippen LogP) is 1.54. The van der Waals surface area contributed by atoms with Crippen LogP contribution < -0.4 is 11.1 Å². The van der Waals surface area contributed by atoms with E-state index in [0.29, 0.717) is 0 Å². The lowest BCUT2D eigenvalue weighted by atomic mass is 9.90. The first kappa shape index (κ1) is 11.0. The van der Waals surface area contributed by atoms with Gasteiger partial charge in [-0.1, -0.05) is 32.1 Å². The monoisotopic (exact) mass is 198 g/mol. The van der Waals surface area contributed by atoms with Crippen LogP contribution in [0.2, 0.25) is 0 Å². The van der Waals surface area contributed by atoms with Gasteiger partial charge in [0.15, 0.2) is 0 Å². The topological polar surface area (TPSA) is 72.2 Å². The number of rotatable bonds is 1. The number of carbonyl (C=O) groups excluding carboxylic acids is 2. The molecule has 0 aromatic heterocycles. The Labute approximate surface area is 84.2 Å². The molecule has 0 saturated heterocycles. The third kappa shape index (κ3) is 3.77. The number of nitrogens with two attached hydrogens (primary N) is 1. The van der Waals surface area contributed by atoms with Crippen molar-refractivity contribution >= 4 is 11.9 Å². The van der Waals surface area contributed by atoms with E-state index >= 15 is 0 Å². The number of primary amides is 1. The van der Waals surface area contributed by atoms with E-state index in [4.69, 9.17) is 5.73 Å². The second-order valence-electron chi connectivity index (χ2n) is 3.90. The van der Waals surface area contributed by atoms with Crippen LogP contribution in [0.25, 0.3) is 0 Å². The van der Waals surface area contributed by atoms with Crippen molar-refractivity contribution < 1.29 is 9.59 Å². The molecule has 1 aliphatic carbocycles. The minimum Gasteiger partial charge on any atom is -0.351 e. The summed E-state index contributed by atoms with van der Waals surface area (Å²) >= 11 is 0. The van der Waals surface area contributed by atoms with Gasteiger partial charge in [-0.05, 0) is 12.8 Å². The maximum absolute atomic E-state index is 11.5. The first-order valence-electron chi connectivity index (χ1n) is 5.30. The lowest BCUT2D eigenvalue weighted by Gasteiger charge is -2.17. The van der Waals surface area contributed by atoms with Gasteiger partial charge in [0.25, 0.3) is 0 Å². The molecule has 4 heteroatoms. The van der Waals surface area contributed by atoms with E-state index in [1.165, 1.54) is 19.3 Å². The fraction of sp³-hybridized carbons (Fsp3) is 0.800. The van der Waals surface area contributed by atoms with Gasteiger partial charge in [0.05, 0.1) is 0 Å². The van der Waals surface area contributed by atoms with Crippen molar-refractivity contribution in [3.63, 3.8) is 0 Å². The molecule has 3 N–H and O–H groups in total. The van der Waals surface area contributed by atoms with Crippen molar-refractivity contribution in [2.75, 3.05) is 0 Å². The van der Waals surface area contributed by atoms with Crippen LogP contribution in [-0.2, 0) is 4.79 Å². The Morgan fingerprint density at radius 2 is 1.50 bits per heavy atom. The zero-order valence-electron chi connectivity index (χ0n) is 8.42. The number of nitrogens with one attached hydrogen (secondary N) is 1. The molecule has 80 valence electrons. The summed E-state index contributed by atoms with van der Waals surface area (Å²) in [6.45, 7) is 0. The molecule has 3 amide bonds. The molecule has 0 aromatic carbocycles. The van der Waals surface area contributed by atoms with Gasteiger partial charge in [-0.3, -0.25) is 10.1 Å². The summed E-state index contributed by atoms with van der Waals surface area (Å²) in [5, 5.41) is 2.16. The summed E-state index contributed by atoms with van der Waals surface area (Å²) in [4.78, 5) is 22.0. The van der Waals surface area contributed by atoms with Crippen LogP contribution in [-0.4, -0.2) is 11.9 Å². The molecule has 0 bridgehead atoms. The van der Waals surface area contributed by atoms with E-state index in [1.807, 2.05) is 0 Å². The summed E-state index contributed by atoms with van der Waals surface area (Å²) in [6, 6.07) is -0.739. The average molecular weight is 198 g/mol. The summed E-state index contributed by atoms with van der Waals surface area (Å²) in [6.07, 6.45) is 7.59. The minimum absolute atomic E-state index is 0.0113. The molecule has 1 aliphatic rings. The highest BCUT2D eigenvalue weighted by molar-refractivity contribution is 5.94. The summed E-state index contributed by atoms with van der Waals surface area (Å²) in [5.74, 6) is -0.206. The minimum atomic E-state index is -0.739. The number of urea groups is 1. The Morgan fingerprint density at radius 3 is 2.00 bits per heavy atom. The van der Waals surface area contributed by atoms with Gasteiger partial charge in [-0.25, -0.2) is 4.79 Å². The van der Waals surface area contributed by atoms with Crippen LogP contribution in [0, 0.1) is 5.92 Å². The first-order valence-corrected chi connectivity index (χ1v) is 5.30. The Balaban J connectivity index is 2.38. The molecule has 0 unspecified atom stereocenters. The number of hydrogen-bond donors (Lipinski definition) is 2. The fourth-order valence-corrected chi connectivity index (χ4v) is 1.94. The van der Waals surface area contributed by atoms with E-state index in [-0.39, 0.29) is 11.8 Å².